The van der Waals surface area contributed by atoms with Crippen LogP contribution >= 0.6 is 0 Å². The van der Waals surface area contributed by atoms with Gasteiger partial charge in [-0.3, -0.25) is 0 Å². The topological polar surface area (TPSA) is 54.0 Å². The van der Waals surface area contributed by atoms with Crippen molar-refractivity contribution in [1.82, 2.24) is 9.78 Å². The molecule has 5 heteroatoms. The van der Waals surface area contributed by atoms with Crippen LogP contribution in [0, 0.1) is 0 Å². The third kappa shape index (κ3) is 2.21. The summed E-state index contributed by atoms with van der Waals surface area (Å²) < 4.78 is 8.16. The first-order valence-electron chi connectivity index (χ1n) is 6.16. The monoisotopic (exact) mass is 267 g/mol. The Hall–Kier alpha value is -2.82. The molecule has 0 unspecified atom stereocenters. The van der Waals surface area contributed by atoms with E-state index in [9.17, 15) is 5.11 Å². The Morgan fingerprint density at radius 3 is 2.40 bits per heavy atom. The standard InChI is InChI=1S/C15H13N3O2/c1-20-14-9-7-12(8-10-14)17-11-18(16-15(17)19)13-5-3-2-4-6-13/h2-11H,1H3. The van der Waals surface area contributed by atoms with Crippen LogP contribution in [0.4, 0.5) is 0 Å². The molecular weight excluding hydrogens is 254 g/mol. The molecule has 0 aliphatic heterocycles. The van der Waals surface area contributed by atoms with Gasteiger partial charge in [-0.05, 0) is 36.4 Å². The fourth-order valence-electron chi connectivity index (χ4n) is 1.95. The third-order valence-corrected chi connectivity index (χ3v) is 3.00. The molecule has 0 aliphatic carbocycles. The second-order valence-corrected chi connectivity index (χ2v) is 4.25. The number of nitrogens with zero attached hydrogens (tertiary/aromatic N) is 3. The Balaban J connectivity index is 2.00. The lowest BCUT2D eigenvalue weighted by molar-refractivity contribution is -0.651. The number of ether oxygens (including phenoxy) is 1. The van der Waals surface area contributed by atoms with Crippen LogP contribution in [-0.2, 0) is 0 Å². The van der Waals surface area contributed by atoms with Gasteiger partial charge in [0.05, 0.1) is 7.11 Å². The van der Waals surface area contributed by atoms with Crippen LogP contribution in [0.2, 0.25) is 0 Å². The predicted molar refractivity (Wildman–Crippen MR) is 71.1 cm³/mol. The Labute approximate surface area is 116 Å². The largest absolute Gasteiger partial charge is 0.817 e. The molecule has 5 nitrogen and oxygen atoms in total. The molecule has 100 valence electrons. The minimum atomic E-state index is -0.320. The lowest BCUT2D eigenvalue weighted by atomic mass is 10.3. The fourth-order valence-corrected chi connectivity index (χ4v) is 1.95. The van der Waals surface area contributed by atoms with E-state index in [1.165, 1.54) is 4.57 Å². The molecule has 0 amide bonds. The van der Waals surface area contributed by atoms with Gasteiger partial charge in [0.15, 0.2) is 0 Å². The Morgan fingerprint density at radius 1 is 1.05 bits per heavy atom. The van der Waals surface area contributed by atoms with Gasteiger partial charge in [0.1, 0.15) is 17.1 Å². The van der Waals surface area contributed by atoms with E-state index in [0.717, 1.165) is 17.1 Å². The van der Waals surface area contributed by atoms with Crippen molar-refractivity contribution in [3.05, 3.63) is 60.9 Å². The van der Waals surface area contributed by atoms with Gasteiger partial charge in [-0.1, -0.05) is 22.9 Å². The lowest BCUT2D eigenvalue weighted by Gasteiger charge is -2.03. The molecule has 1 heterocycles. The molecule has 0 N–H and O–H groups in total. The molecule has 20 heavy (non-hydrogen) atoms. The van der Waals surface area contributed by atoms with Crippen molar-refractivity contribution in [2.45, 2.75) is 0 Å². The maximum Gasteiger partial charge on any atom is 0.250 e. The molecule has 0 fully saturated rings. The average Bonchev–Trinajstić information content (AvgIpc) is 2.90. The number of methoxy groups -OCH3 is 1. The Kier molecular flexibility index (Phi) is 3.09. The maximum atomic E-state index is 12.0. The van der Waals surface area contributed by atoms with E-state index < -0.39 is 0 Å². The Bertz CT molecular complexity index is 706. The van der Waals surface area contributed by atoms with E-state index >= 15 is 0 Å². The fraction of sp³-hybridized carbons (Fsp3) is 0.0667. The van der Waals surface area contributed by atoms with Crippen molar-refractivity contribution in [2.24, 2.45) is 0 Å². The number of hydrogen-bond acceptors (Lipinski definition) is 3. The van der Waals surface area contributed by atoms with Gasteiger partial charge in [-0.15, -0.1) is 0 Å². The molecule has 0 aliphatic rings. The van der Waals surface area contributed by atoms with Crippen molar-refractivity contribution in [1.29, 1.82) is 0 Å². The van der Waals surface area contributed by atoms with Gasteiger partial charge in [-0.25, -0.2) is 4.57 Å². The maximum absolute atomic E-state index is 12.0. The summed E-state index contributed by atoms with van der Waals surface area (Å²) in [6.45, 7) is 0. The van der Waals surface area contributed by atoms with Crippen molar-refractivity contribution in [3.63, 3.8) is 0 Å². The van der Waals surface area contributed by atoms with Crippen LogP contribution in [0.15, 0.2) is 60.9 Å². The third-order valence-electron chi connectivity index (χ3n) is 3.00. The normalized spacial score (nSPS) is 10.4. The van der Waals surface area contributed by atoms with Crippen LogP contribution in [0.5, 0.6) is 11.8 Å². The average molecular weight is 267 g/mol. The Morgan fingerprint density at radius 2 is 1.75 bits per heavy atom. The smallest absolute Gasteiger partial charge is 0.250 e. The molecule has 3 aromatic rings. The minimum Gasteiger partial charge on any atom is -0.817 e. The van der Waals surface area contributed by atoms with E-state index in [0.29, 0.717) is 0 Å². The van der Waals surface area contributed by atoms with Crippen LogP contribution in [0.1, 0.15) is 0 Å². The highest BCUT2D eigenvalue weighted by Gasteiger charge is 2.12. The lowest BCUT2D eigenvalue weighted by Crippen LogP contribution is -2.32. The first kappa shape index (κ1) is 12.2. The van der Waals surface area contributed by atoms with Crippen LogP contribution < -0.4 is 14.4 Å². The van der Waals surface area contributed by atoms with Gasteiger partial charge < -0.3 is 9.84 Å². The van der Waals surface area contributed by atoms with Crippen molar-refractivity contribution >= 4 is 0 Å². The molecule has 0 atom stereocenters. The molecule has 0 saturated carbocycles. The highest BCUT2D eigenvalue weighted by Crippen LogP contribution is 2.13. The highest BCUT2D eigenvalue weighted by molar-refractivity contribution is 5.32. The molecular formula is C15H13N3O2. The number of para-hydroxylation sites is 1. The molecule has 3 rings (SSSR count). The van der Waals surface area contributed by atoms with E-state index in [-0.39, 0.29) is 6.01 Å². The van der Waals surface area contributed by atoms with Gasteiger partial charge in [0.25, 0.3) is 0 Å². The van der Waals surface area contributed by atoms with E-state index in [1.807, 2.05) is 54.6 Å². The van der Waals surface area contributed by atoms with Crippen LogP contribution in [0.3, 0.4) is 0 Å². The second kappa shape index (κ2) is 5.05. The first-order valence-corrected chi connectivity index (χ1v) is 6.16. The van der Waals surface area contributed by atoms with E-state index in [1.54, 1.807) is 18.1 Å². The summed E-state index contributed by atoms with van der Waals surface area (Å²) in [6.07, 6.45) is 1.67. The molecule has 1 aromatic heterocycles. The van der Waals surface area contributed by atoms with Gasteiger partial charge >= 0.3 is 0 Å². The van der Waals surface area contributed by atoms with Crippen molar-refractivity contribution in [3.8, 4) is 23.1 Å². The number of rotatable bonds is 3. The van der Waals surface area contributed by atoms with Gasteiger partial charge in [0, 0.05) is 5.10 Å². The highest BCUT2D eigenvalue weighted by atomic mass is 16.5. The number of aromatic nitrogens is 3. The van der Waals surface area contributed by atoms with Crippen LogP contribution in [0.25, 0.3) is 11.4 Å². The first-order chi connectivity index (χ1) is 9.78. The second-order valence-electron chi connectivity index (χ2n) is 4.25. The molecule has 0 bridgehead atoms. The number of benzene rings is 2. The summed E-state index contributed by atoms with van der Waals surface area (Å²) in [5, 5.41) is 16.0. The molecule has 0 spiro atoms. The molecule has 0 saturated heterocycles. The molecule has 0 radical (unpaired) electrons. The summed E-state index contributed by atoms with van der Waals surface area (Å²) in [5.41, 5.74) is 1.59. The predicted octanol–water partition coefficient (Wildman–Crippen LogP) is 1.23. The van der Waals surface area contributed by atoms with Gasteiger partial charge in [0.2, 0.25) is 12.3 Å². The molecule has 2 aromatic carbocycles. The summed E-state index contributed by atoms with van der Waals surface area (Å²) in [7, 11) is 1.61. The zero-order valence-electron chi connectivity index (χ0n) is 10.9. The quantitative estimate of drug-likeness (QED) is 0.671. The summed E-state index contributed by atoms with van der Waals surface area (Å²) >= 11 is 0. The van der Waals surface area contributed by atoms with Crippen molar-refractivity contribution in [2.75, 3.05) is 7.11 Å². The minimum absolute atomic E-state index is 0.320. The summed E-state index contributed by atoms with van der Waals surface area (Å²) in [4.78, 5) is 0. The zero-order valence-corrected chi connectivity index (χ0v) is 10.9. The number of hydrogen-bond donors (Lipinski definition) is 0. The van der Waals surface area contributed by atoms with Crippen molar-refractivity contribution < 1.29 is 14.4 Å². The summed E-state index contributed by atoms with van der Waals surface area (Å²) in [5.74, 6) is 0.747. The van der Waals surface area contributed by atoms with Crippen LogP contribution in [-0.4, -0.2) is 16.9 Å². The summed E-state index contributed by atoms with van der Waals surface area (Å²) in [6, 6.07) is 16.4. The van der Waals surface area contributed by atoms with Gasteiger partial charge in [-0.2, -0.15) is 0 Å². The van der Waals surface area contributed by atoms with E-state index in [2.05, 4.69) is 5.10 Å². The van der Waals surface area contributed by atoms with E-state index in [4.69, 9.17) is 4.74 Å². The zero-order chi connectivity index (χ0) is 13.9. The SMILES string of the molecule is COc1ccc(-[n+]2cn(-c3ccccc3)nc2[O-])cc1.